The molecule has 3 atom stereocenters. The van der Waals surface area contributed by atoms with Crippen molar-refractivity contribution in [3.05, 3.63) is 0 Å². The van der Waals surface area contributed by atoms with Gasteiger partial charge in [-0.1, -0.05) is 55.5 Å². The molecule has 3 unspecified atom stereocenters. The first-order valence-electron chi connectivity index (χ1n) is 11.4. The predicted molar refractivity (Wildman–Crippen MR) is 144 cm³/mol. The van der Waals surface area contributed by atoms with Crippen LogP contribution in [0.4, 0.5) is 0 Å². The number of carboxylic acids is 3. The highest BCUT2D eigenvalue weighted by Crippen LogP contribution is 1.98. The molecule has 0 aliphatic rings. The van der Waals surface area contributed by atoms with Gasteiger partial charge in [-0.25, -0.2) is 0 Å². The largest absolute Gasteiger partial charge is 1.00 e. The van der Waals surface area contributed by atoms with Gasteiger partial charge in [-0.3, -0.25) is 14.4 Å². The van der Waals surface area contributed by atoms with Crippen LogP contribution in [-0.4, -0.2) is 96.8 Å². The Morgan fingerprint density at radius 1 is 0.743 bits per heavy atom. The summed E-state index contributed by atoms with van der Waals surface area (Å²) in [5.41, 5.74) is 15.6. The van der Waals surface area contributed by atoms with Gasteiger partial charge in [0.1, 0.15) is 18.1 Å². The summed E-state index contributed by atoms with van der Waals surface area (Å²) in [5, 5.41) is 28.4. The van der Waals surface area contributed by atoms with Crippen LogP contribution in [0.15, 0.2) is 0 Å². The Kier molecular flexibility index (Phi) is 51.0. The van der Waals surface area contributed by atoms with E-state index in [1.807, 2.05) is 54.0 Å². The van der Waals surface area contributed by atoms with E-state index in [4.69, 9.17) is 32.5 Å². The second kappa shape index (κ2) is 37.7. The van der Waals surface area contributed by atoms with Crippen LogP contribution in [0.3, 0.4) is 0 Å². The lowest BCUT2D eigenvalue weighted by molar-refractivity contribution is -0.139. The van der Waals surface area contributed by atoms with Crippen LogP contribution in [0.25, 0.3) is 0 Å². The van der Waals surface area contributed by atoms with Crippen LogP contribution in [0.1, 0.15) is 65.2 Å². The average molecular weight is 642 g/mol. The first kappa shape index (κ1) is 47.4. The minimum Gasteiger partial charge on any atom is -1.00 e. The summed E-state index contributed by atoms with van der Waals surface area (Å²) in [6.07, 6.45) is 6.33. The number of unbranched alkanes of at least 4 members (excludes halogenated alkanes) is 2. The fourth-order valence-corrected chi connectivity index (χ4v) is 1.84. The molecular weight excluding hydrogens is 590 g/mol. The molecule has 216 valence electrons. The normalized spacial score (nSPS) is 11.7. The molecular formula is C22H52Br2N5O6-. The standard InChI is InChI=1S/2C6H13NO2.C5H10BrNO2.C3H9N.C2H7N.BrH/c2*1-2-3-4-5(7)6(8)9;6-3-1-2-4(7)5(8)9;1-4(2)3;1-3-2;/h2*5H,2-4,7H2,1H3,(H,8,9);4H,1-3,7H2,(H,8,9);1-3H3;3H,1-2H3;1H/p-1. The first-order valence-corrected chi connectivity index (χ1v) is 12.5. The molecule has 0 saturated heterocycles. The maximum absolute atomic E-state index is 10.1. The van der Waals surface area contributed by atoms with Gasteiger partial charge < -0.3 is 59.7 Å². The number of nitrogens with one attached hydrogen (secondary N) is 1. The summed E-state index contributed by atoms with van der Waals surface area (Å²) in [5.74, 6) is -2.72. The molecule has 0 spiro atoms. The molecule has 35 heavy (non-hydrogen) atoms. The Hall–Kier alpha value is -0.830. The molecule has 0 saturated carbocycles. The zero-order chi connectivity index (χ0) is 28.1. The maximum atomic E-state index is 10.1. The highest BCUT2D eigenvalue weighted by Gasteiger charge is 2.10. The molecule has 0 radical (unpaired) electrons. The molecule has 10 N–H and O–H groups in total. The van der Waals surface area contributed by atoms with E-state index in [-0.39, 0.29) is 17.0 Å². The van der Waals surface area contributed by atoms with Crippen molar-refractivity contribution in [1.82, 2.24) is 10.2 Å². The number of rotatable bonds is 12. The SMILES string of the molecule is CCCCC(N)C(=O)O.CCCCC(N)C(=O)O.CN(C)C.CNC.NC(CCCBr)C(=O)O.[Br-]. The van der Waals surface area contributed by atoms with E-state index in [9.17, 15) is 14.4 Å². The van der Waals surface area contributed by atoms with Crippen LogP contribution in [0.5, 0.6) is 0 Å². The van der Waals surface area contributed by atoms with Gasteiger partial charge in [0.25, 0.3) is 0 Å². The van der Waals surface area contributed by atoms with Gasteiger partial charge >= 0.3 is 17.9 Å². The summed E-state index contributed by atoms with van der Waals surface area (Å²) in [6.45, 7) is 4.02. The van der Waals surface area contributed by atoms with Crippen LogP contribution in [-0.2, 0) is 14.4 Å². The van der Waals surface area contributed by atoms with Crippen molar-refractivity contribution in [2.45, 2.75) is 83.3 Å². The number of hydrogen-bond acceptors (Lipinski definition) is 8. The van der Waals surface area contributed by atoms with Gasteiger partial charge in [-0.15, -0.1) is 0 Å². The summed E-state index contributed by atoms with van der Waals surface area (Å²) in [4.78, 5) is 32.2. The third-order valence-corrected chi connectivity index (χ3v) is 3.90. The van der Waals surface area contributed by atoms with Crippen molar-refractivity contribution >= 4 is 33.8 Å². The number of carbonyl (C=O) groups is 3. The Labute approximate surface area is 231 Å². The average Bonchev–Trinajstić information content (AvgIpc) is 2.74. The molecule has 0 rings (SSSR count). The maximum Gasteiger partial charge on any atom is 0.320 e. The van der Waals surface area contributed by atoms with E-state index in [1.165, 1.54) is 0 Å². The third kappa shape index (κ3) is 60.0. The molecule has 0 bridgehead atoms. The number of halogens is 2. The lowest BCUT2D eigenvalue weighted by Crippen LogP contribution is -3.00. The van der Waals surface area contributed by atoms with Gasteiger partial charge in [-0.05, 0) is 60.9 Å². The lowest BCUT2D eigenvalue weighted by atomic mass is 10.1. The zero-order valence-corrected chi connectivity index (χ0v) is 25.8. The van der Waals surface area contributed by atoms with Crippen molar-refractivity contribution in [2.24, 2.45) is 17.2 Å². The highest BCUT2D eigenvalue weighted by atomic mass is 79.9. The fourth-order valence-electron chi connectivity index (χ4n) is 1.52. The van der Waals surface area contributed by atoms with Crippen molar-refractivity contribution in [1.29, 1.82) is 0 Å². The van der Waals surface area contributed by atoms with E-state index >= 15 is 0 Å². The molecule has 0 heterocycles. The number of nitrogens with zero attached hydrogens (tertiary/aromatic N) is 1. The van der Waals surface area contributed by atoms with Gasteiger partial charge in [0.2, 0.25) is 0 Å². The molecule has 0 aliphatic carbocycles. The van der Waals surface area contributed by atoms with Crippen LogP contribution >= 0.6 is 15.9 Å². The van der Waals surface area contributed by atoms with Crippen LogP contribution < -0.4 is 39.5 Å². The molecule has 11 nitrogen and oxygen atoms in total. The summed E-state index contributed by atoms with van der Waals surface area (Å²) >= 11 is 3.18. The van der Waals surface area contributed by atoms with Crippen molar-refractivity contribution < 1.29 is 46.7 Å². The highest BCUT2D eigenvalue weighted by molar-refractivity contribution is 9.09. The second-order valence-corrected chi connectivity index (χ2v) is 8.58. The number of alkyl halides is 1. The molecule has 13 heteroatoms. The molecule has 0 aromatic rings. The second-order valence-electron chi connectivity index (χ2n) is 7.79. The number of aliphatic carboxylic acids is 3. The van der Waals surface area contributed by atoms with Crippen molar-refractivity contribution in [2.75, 3.05) is 40.6 Å². The third-order valence-electron chi connectivity index (χ3n) is 3.34. The van der Waals surface area contributed by atoms with Gasteiger partial charge in [0.05, 0.1) is 0 Å². The lowest BCUT2D eigenvalue weighted by Gasteiger charge is -2.02. The fraction of sp³-hybridized carbons (Fsp3) is 0.864. The van der Waals surface area contributed by atoms with E-state index < -0.39 is 36.0 Å². The summed E-state index contributed by atoms with van der Waals surface area (Å²) in [6, 6.07) is -2.02. The van der Waals surface area contributed by atoms with E-state index in [1.54, 1.807) is 0 Å². The Morgan fingerprint density at radius 3 is 1.09 bits per heavy atom. The molecule has 0 fully saturated rings. The van der Waals surface area contributed by atoms with Crippen LogP contribution in [0, 0.1) is 0 Å². The van der Waals surface area contributed by atoms with Crippen LogP contribution in [0.2, 0.25) is 0 Å². The Morgan fingerprint density at radius 2 is 0.943 bits per heavy atom. The predicted octanol–water partition coefficient (Wildman–Crippen LogP) is -1.23. The van der Waals surface area contributed by atoms with Crippen molar-refractivity contribution in [3.8, 4) is 0 Å². The minimum atomic E-state index is -0.920. The van der Waals surface area contributed by atoms with E-state index in [2.05, 4.69) is 21.2 Å². The molecule has 0 aromatic carbocycles. The monoisotopic (exact) mass is 640 g/mol. The Balaban J connectivity index is -0.0000000785. The number of hydrogen-bond donors (Lipinski definition) is 7. The number of carboxylic acid groups (broad SMARTS) is 3. The number of nitrogens with two attached hydrogens (primary N) is 3. The minimum absolute atomic E-state index is 0. The van der Waals surface area contributed by atoms with E-state index in [0.717, 1.165) is 37.4 Å². The van der Waals surface area contributed by atoms with Crippen molar-refractivity contribution in [3.63, 3.8) is 0 Å². The van der Waals surface area contributed by atoms with Gasteiger partial charge in [0.15, 0.2) is 0 Å². The molecule has 0 aromatic heterocycles. The van der Waals surface area contributed by atoms with Gasteiger partial charge in [-0.2, -0.15) is 0 Å². The summed E-state index contributed by atoms with van der Waals surface area (Å²) < 4.78 is 0. The summed E-state index contributed by atoms with van der Waals surface area (Å²) in [7, 11) is 9.75. The first-order chi connectivity index (χ1) is 15.7. The topological polar surface area (TPSA) is 205 Å². The quantitative estimate of drug-likeness (QED) is 0.126. The van der Waals surface area contributed by atoms with Gasteiger partial charge in [0, 0.05) is 5.33 Å². The smallest absolute Gasteiger partial charge is 0.320 e. The van der Waals surface area contributed by atoms with E-state index in [0.29, 0.717) is 19.3 Å². The Bertz CT molecular complexity index is 404. The molecule has 0 aliphatic heterocycles. The zero-order valence-electron chi connectivity index (χ0n) is 22.6. The molecule has 0 amide bonds.